The van der Waals surface area contributed by atoms with E-state index in [0.29, 0.717) is 11.8 Å². The molecule has 0 atom stereocenters. The van der Waals surface area contributed by atoms with Crippen molar-refractivity contribution >= 4 is 0 Å². The molecule has 0 N–H and O–H groups in total. The van der Waals surface area contributed by atoms with Gasteiger partial charge in [-0.25, -0.2) is 0 Å². The largest absolute Gasteiger partial charge is 0.456 e. The van der Waals surface area contributed by atoms with E-state index in [1.807, 2.05) is 0 Å². The number of fused-ring (bicyclic) bond motifs is 2. The molecule has 1 nitrogen and oxygen atoms in total. The van der Waals surface area contributed by atoms with Crippen molar-refractivity contribution < 1.29 is 4.74 Å². The highest BCUT2D eigenvalue weighted by atomic mass is 16.5. The van der Waals surface area contributed by atoms with Gasteiger partial charge in [0.1, 0.15) is 11.5 Å². The Morgan fingerprint density at radius 2 is 1.14 bits per heavy atom. The summed E-state index contributed by atoms with van der Waals surface area (Å²) in [5.41, 5.74) is 8.04. The molecule has 22 heavy (non-hydrogen) atoms. The highest BCUT2D eigenvalue weighted by Gasteiger charge is 2.26. The maximum Gasteiger partial charge on any atom is 0.134 e. The zero-order chi connectivity index (χ0) is 16.0. The van der Waals surface area contributed by atoms with Gasteiger partial charge in [0.05, 0.1) is 0 Å². The summed E-state index contributed by atoms with van der Waals surface area (Å²) in [6.45, 7) is 13.3. The molecule has 0 saturated carbocycles. The molecule has 1 heteroatoms. The fourth-order valence-corrected chi connectivity index (χ4v) is 3.36. The van der Waals surface area contributed by atoms with Crippen LogP contribution in [0.3, 0.4) is 0 Å². The molecular formula is C21H26O. The van der Waals surface area contributed by atoms with E-state index in [4.69, 9.17) is 4.74 Å². The van der Waals surface area contributed by atoms with Gasteiger partial charge in [-0.3, -0.25) is 0 Å². The van der Waals surface area contributed by atoms with Gasteiger partial charge in [-0.15, -0.1) is 0 Å². The van der Waals surface area contributed by atoms with Gasteiger partial charge < -0.3 is 4.74 Å². The molecule has 0 fully saturated rings. The Bertz CT molecular complexity index is 662. The predicted molar refractivity (Wildman–Crippen MR) is 93.4 cm³/mol. The van der Waals surface area contributed by atoms with Crippen molar-refractivity contribution in [3.05, 3.63) is 57.6 Å². The van der Waals surface area contributed by atoms with E-state index in [1.54, 1.807) is 0 Å². The molecule has 0 saturated heterocycles. The zero-order valence-electron chi connectivity index (χ0n) is 14.6. The Balaban J connectivity index is 2.22. The van der Waals surface area contributed by atoms with E-state index < -0.39 is 0 Å². The third kappa shape index (κ3) is 2.33. The van der Waals surface area contributed by atoms with E-state index >= 15 is 0 Å². The molecule has 0 aromatic heterocycles. The summed E-state index contributed by atoms with van der Waals surface area (Å²) >= 11 is 0. The van der Waals surface area contributed by atoms with Crippen molar-refractivity contribution in [2.75, 3.05) is 0 Å². The minimum Gasteiger partial charge on any atom is -0.456 e. The van der Waals surface area contributed by atoms with E-state index in [-0.39, 0.29) is 0 Å². The molecule has 1 heterocycles. The van der Waals surface area contributed by atoms with Crippen LogP contribution < -0.4 is 4.74 Å². The summed E-state index contributed by atoms with van der Waals surface area (Å²) in [5, 5.41) is 0. The van der Waals surface area contributed by atoms with Gasteiger partial charge >= 0.3 is 0 Å². The number of ether oxygens (including phenoxy) is 1. The molecule has 2 aromatic carbocycles. The zero-order valence-corrected chi connectivity index (χ0v) is 14.6. The van der Waals surface area contributed by atoms with Crippen LogP contribution in [-0.2, 0) is 6.42 Å². The van der Waals surface area contributed by atoms with Gasteiger partial charge in [0.2, 0.25) is 0 Å². The lowest BCUT2D eigenvalue weighted by Gasteiger charge is -2.29. The van der Waals surface area contributed by atoms with Gasteiger partial charge in [0.25, 0.3) is 0 Å². The first-order chi connectivity index (χ1) is 10.4. The van der Waals surface area contributed by atoms with E-state index in [0.717, 1.165) is 17.9 Å². The topological polar surface area (TPSA) is 9.23 Å². The van der Waals surface area contributed by atoms with Crippen LogP contribution in [0.15, 0.2) is 24.3 Å². The number of rotatable bonds is 2. The first-order valence-electron chi connectivity index (χ1n) is 8.32. The Morgan fingerprint density at radius 3 is 1.50 bits per heavy atom. The molecule has 2 aromatic rings. The first kappa shape index (κ1) is 15.1. The second-order valence-corrected chi connectivity index (χ2v) is 7.15. The minimum atomic E-state index is 0.475. The van der Waals surface area contributed by atoms with Gasteiger partial charge in [-0.1, -0.05) is 52.0 Å². The Hall–Kier alpha value is -1.76. The quantitative estimate of drug-likeness (QED) is 0.543. The van der Waals surface area contributed by atoms with Crippen molar-refractivity contribution in [1.82, 2.24) is 0 Å². The second-order valence-electron chi connectivity index (χ2n) is 7.15. The Kier molecular flexibility index (Phi) is 3.76. The maximum absolute atomic E-state index is 6.52. The number of hydrogen-bond acceptors (Lipinski definition) is 1. The van der Waals surface area contributed by atoms with Crippen LogP contribution in [0, 0.1) is 13.8 Å². The summed E-state index contributed by atoms with van der Waals surface area (Å²) in [7, 11) is 0. The average molecular weight is 294 g/mol. The molecule has 0 unspecified atom stereocenters. The van der Waals surface area contributed by atoms with Crippen LogP contribution in [0.5, 0.6) is 11.5 Å². The Morgan fingerprint density at radius 1 is 0.727 bits per heavy atom. The lowest BCUT2D eigenvalue weighted by Crippen LogP contribution is -2.11. The third-order valence-electron chi connectivity index (χ3n) is 4.85. The smallest absolute Gasteiger partial charge is 0.134 e. The standard InChI is InChI=1S/C21H26O/c1-12(2)16-9-7-14(5)18-11-19-15(6)8-10-17(13(3)4)21(19)22-20(16)18/h7-10,12-13H,11H2,1-6H3. The molecule has 0 radical (unpaired) electrons. The SMILES string of the molecule is Cc1ccc(C(C)C)c2c1Cc1c(C)ccc(C(C)C)c1O2. The number of benzene rings is 2. The fourth-order valence-electron chi connectivity index (χ4n) is 3.36. The summed E-state index contributed by atoms with van der Waals surface area (Å²) in [4.78, 5) is 0. The third-order valence-corrected chi connectivity index (χ3v) is 4.85. The Labute approximate surface area is 134 Å². The lowest BCUT2D eigenvalue weighted by atomic mass is 9.86. The lowest BCUT2D eigenvalue weighted by molar-refractivity contribution is 0.441. The van der Waals surface area contributed by atoms with Crippen molar-refractivity contribution in [2.45, 2.75) is 59.8 Å². The predicted octanol–water partition coefficient (Wildman–Crippen LogP) is 6.25. The fraction of sp³-hybridized carbons (Fsp3) is 0.429. The maximum atomic E-state index is 6.52. The van der Waals surface area contributed by atoms with Gasteiger partial charge in [-0.2, -0.15) is 0 Å². The number of hydrogen-bond donors (Lipinski definition) is 0. The van der Waals surface area contributed by atoms with Gasteiger partial charge in [-0.05, 0) is 47.9 Å². The number of aryl methyl sites for hydroxylation is 2. The summed E-state index contributed by atoms with van der Waals surface area (Å²) in [6, 6.07) is 8.94. The molecule has 0 bridgehead atoms. The van der Waals surface area contributed by atoms with Gasteiger partial charge in [0, 0.05) is 17.5 Å². The highest BCUT2D eigenvalue weighted by Crippen LogP contribution is 2.46. The van der Waals surface area contributed by atoms with Crippen molar-refractivity contribution in [3.63, 3.8) is 0 Å². The first-order valence-corrected chi connectivity index (χ1v) is 8.32. The second kappa shape index (κ2) is 5.46. The molecule has 0 amide bonds. The van der Waals surface area contributed by atoms with Crippen molar-refractivity contribution in [3.8, 4) is 11.5 Å². The highest BCUT2D eigenvalue weighted by molar-refractivity contribution is 5.60. The summed E-state index contributed by atoms with van der Waals surface area (Å²) < 4.78 is 6.52. The van der Waals surface area contributed by atoms with E-state index in [9.17, 15) is 0 Å². The molecule has 3 rings (SSSR count). The van der Waals surface area contributed by atoms with E-state index in [2.05, 4.69) is 65.8 Å². The molecule has 116 valence electrons. The van der Waals surface area contributed by atoms with Crippen molar-refractivity contribution in [1.29, 1.82) is 0 Å². The molecule has 1 aliphatic heterocycles. The van der Waals surface area contributed by atoms with Crippen LogP contribution in [0.25, 0.3) is 0 Å². The van der Waals surface area contributed by atoms with Crippen molar-refractivity contribution in [2.24, 2.45) is 0 Å². The van der Waals surface area contributed by atoms with Crippen LogP contribution in [-0.4, -0.2) is 0 Å². The molecule has 0 aliphatic carbocycles. The molecule has 0 spiro atoms. The van der Waals surface area contributed by atoms with E-state index in [1.165, 1.54) is 33.4 Å². The summed E-state index contributed by atoms with van der Waals surface area (Å²) in [6.07, 6.45) is 0.990. The van der Waals surface area contributed by atoms with Crippen LogP contribution in [0.2, 0.25) is 0 Å². The van der Waals surface area contributed by atoms with Crippen LogP contribution >= 0.6 is 0 Å². The molecule has 1 aliphatic rings. The monoisotopic (exact) mass is 294 g/mol. The minimum absolute atomic E-state index is 0.475. The van der Waals surface area contributed by atoms with Crippen LogP contribution in [0.1, 0.15) is 72.9 Å². The van der Waals surface area contributed by atoms with Crippen LogP contribution in [0.4, 0.5) is 0 Å². The normalized spacial score (nSPS) is 13.1. The molecular weight excluding hydrogens is 268 g/mol. The average Bonchev–Trinajstić information content (AvgIpc) is 2.46. The summed E-state index contributed by atoms with van der Waals surface area (Å²) in [5.74, 6) is 3.16. The van der Waals surface area contributed by atoms with Gasteiger partial charge in [0.15, 0.2) is 0 Å².